The van der Waals surface area contributed by atoms with Crippen LogP contribution in [0.15, 0.2) is 24.4 Å². The van der Waals surface area contributed by atoms with Gasteiger partial charge in [-0.15, -0.1) is 0 Å². The van der Waals surface area contributed by atoms with E-state index in [1.807, 2.05) is 0 Å². The third-order valence-corrected chi connectivity index (χ3v) is 3.54. The molecule has 0 radical (unpaired) electrons. The van der Waals surface area contributed by atoms with Gasteiger partial charge in [-0.25, -0.2) is 9.37 Å². The van der Waals surface area contributed by atoms with E-state index in [0.717, 1.165) is 22.1 Å². The molecule has 2 aromatic rings. The lowest BCUT2D eigenvalue weighted by Crippen LogP contribution is -2.07. The van der Waals surface area contributed by atoms with Crippen LogP contribution < -0.4 is 5.32 Å². The van der Waals surface area contributed by atoms with Crippen molar-refractivity contribution in [3.8, 4) is 10.4 Å². The van der Waals surface area contributed by atoms with E-state index >= 15 is 0 Å². The second-order valence-corrected chi connectivity index (χ2v) is 5.93. The zero-order valence-corrected chi connectivity index (χ0v) is 11.8. The minimum absolute atomic E-state index is 0.331. The normalized spacial score (nSPS) is 10.9. The Labute approximate surface area is 115 Å². The number of hydrogen-bond acceptors (Lipinski definition) is 3. The van der Waals surface area contributed by atoms with Crippen molar-refractivity contribution in [2.24, 2.45) is 5.92 Å². The lowest BCUT2D eigenvalue weighted by atomic mass is 10.2. The number of thiazole rings is 1. The van der Waals surface area contributed by atoms with Gasteiger partial charge in [-0.1, -0.05) is 36.8 Å². The number of nitrogens with one attached hydrogen (secondary N) is 1. The third kappa shape index (κ3) is 3.43. The van der Waals surface area contributed by atoms with Crippen molar-refractivity contribution in [2.45, 2.75) is 13.8 Å². The van der Waals surface area contributed by atoms with Gasteiger partial charge in [0, 0.05) is 17.8 Å². The predicted molar refractivity (Wildman–Crippen MR) is 75.8 cm³/mol. The molecule has 0 bridgehead atoms. The lowest BCUT2D eigenvalue weighted by Gasteiger charge is -2.04. The SMILES string of the molecule is CC(C)CNc1ncc(-c2cc(F)cc(Cl)c2)s1. The molecule has 0 atom stereocenters. The van der Waals surface area contributed by atoms with E-state index in [1.165, 1.54) is 23.5 Å². The maximum Gasteiger partial charge on any atom is 0.183 e. The number of rotatable bonds is 4. The fourth-order valence-electron chi connectivity index (χ4n) is 1.48. The zero-order chi connectivity index (χ0) is 13.1. The molecule has 0 fully saturated rings. The highest BCUT2D eigenvalue weighted by atomic mass is 35.5. The molecular weight excluding hydrogens is 271 g/mol. The largest absolute Gasteiger partial charge is 0.361 e. The van der Waals surface area contributed by atoms with Gasteiger partial charge in [0.05, 0.1) is 4.88 Å². The molecule has 0 aliphatic rings. The zero-order valence-electron chi connectivity index (χ0n) is 10.2. The fraction of sp³-hybridized carbons (Fsp3) is 0.308. The van der Waals surface area contributed by atoms with Gasteiger partial charge < -0.3 is 5.32 Å². The number of aromatic nitrogens is 1. The molecule has 0 saturated carbocycles. The summed E-state index contributed by atoms with van der Waals surface area (Å²) in [7, 11) is 0. The average Bonchev–Trinajstić information content (AvgIpc) is 2.73. The van der Waals surface area contributed by atoms with Crippen LogP contribution in [0.4, 0.5) is 9.52 Å². The highest BCUT2D eigenvalue weighted by molar-refractivity contribution is 7.18. The summed E-state index contributed by atoms with van der Waals surface area (Å²) in [6.07, 6.45) is 1.73. The third-order valence-electron chi connectivity index (χ3n) is 2.31. The van der Waals surface area contributed by atoms with Gasteiger partial charge >= 0.3 is 0 Å². The first-order valence-corrected chi connectivity index (χ1v) is 6.90. The van der Waals surface area contributed by atoms with Crippen molar-refractivity contribution >= 4 is 28.1 Å². The van der Waals surface area contributed by atoms with Crippen molar-refractivity contribution in [3.05, 3.63) is 35.2 Å². The van der Waals surface area contributed by atoms with Crippen LogP contribution >= 0.6 is 22.9 Å². The van der Waals surface area contributed by atoms with Gasteiger partial charge in [-0.2, -0.15) is 0 Å². The van der Waals surface area contributed by atoms with E-state index in [0.29, 0.717) is 10.9 Å². The summed E-state index contributed by atoms with van der Waals surface area (Å²) in [5.74, 6) is 0.226. The van der Waals surface area contributed by atoms with Crippen molar-refractivity contribution in [1.82, 2.24) is 4.98 Å². The van der Waals surface area contributed by atoms with Gasteiger partial charge in [-0.05, 0) is 29.7 Å². The quantitative estimate of drug-likeness (QED) is 0.882. The first-order valence-electron chi connectivity index (χ1n) is 5.71. The molecule has 2 rings (SSSR count). The van der Waals surface area contributed by atoms with E-state index in [2.05, 4.69) is 24.1 Å². The van der Waals surface area contributed by atoms with Crippen LogP contribution in [0, 0.1) is 11.7 Å². The Bertz CT molecular complexity index is 519. The Morgan fingerprint density at radius 2 is 2.17 bits per heavy atom. The average molecular weight is 285 g/mol. The summed E-state index contributed by atoms with van der Waals surface area (Å²) >= 11 is 7.34. The molecule has 18 heavy (non-hydrogen) atoms. The molecule has 2 nitrogen and oxygen atoms in total. The molecule has 1 aromatic heterocycles. The van der Waals surface area contributed by atoms with Crippen molar-refractivity contribution in [3.63, 3.8) is 0 Å². The lowest BCUT2D eigenvalue weighted by molar-refractivity contribution is 0.628. The summed E-state index contributed by atoms with van der Waals surface area (Å²) in [4.78, 5) is 5.17. The summed E-state index contributed by atoms with van der Waals surface area (Å²) in [6, 6.07) is 4.50. The monoisotopic (exact) mass is 284 g/mol. The molecule has 0 saturated heterocycles. The molecule has 1 N–H and O–H groups in total. The van der Waals surface area contributed by atoms with Crippen molar-refractivity contribution in [1.29, 1.82) is 0 Å². The molecule has 96 valence electrons. The molecule has 0 aliphatic carbocycles. The molecule has 0 spiro atoms. The Morgan fingerprint density at radius 3 is 2.83 bits per heavy atom. The predicted octanol–water partition coefficient (Wildman–Crippen LogP) is 4.67. The first-order chi connectivity index (χ1) is 8.54. The van der Waals surface area contributed by atoms with Gasteiger partial charge in [0.1, 0.15) is 5.82 Å². The van der Waals surface area contributed by atoms with Gasteiger partial charge in [-0.3, -0.25) is 0 Å². The number of nitrogens with zero attached hydrogens (tertiary/aromatic N) is 1. The molecule has 0 amide bonds. The molecule has 0 unspecified atom stereocenters. The van der Waals surface area contributed by atoms with Crippen LogP contribution in [0.1, 0.15) is 13.8 Å². The molecular formula is C13H14ClFN2S. The molecule has 1 heterocycles. The van der Waals surface area contributed by atoms with Gasteiger partial charge in [0.25, 0.3) is 0 Å². The minimum Gasteiger partial charge on any atom is -0.361 e. The van der Waals surface area contributed by atoms with Crippen LogP contribution in [-0.2, 0) is 0 Å². The van der Waals surface area contributed by atoms with Crippen LogP contribution in [0.2, 0.25) is 5.02 Å². The van der Waals surface area contributed by atoms with E-state index in [1.54, 1.807) is 12.3 Å². The maximum atomic E-state index is 13.3. The summed E-state index contributed by atoms with van der Waals surface area (Å²) in [5, 5.41) is 4.49. The number of halogens is 2. The highest BCUT2D eigenvalue weighted by Crippen LogP contribution is 2.31. The number of benzene rings is 1. The number of anilines is 1. The summed E-state index contributed by atoms with van der Waals surface area (Å²) in [6.45, 7) is 5.14. The topological polar surface area (TPSA) is 24.9 Å². The van der Waals surface area contributed by atoms with E-state index in [-0.39, 0.29) is 5.82 Å². The van der Waals surface area contributed by atoms with E-state index < -0.39 is 0 Å². The van der Waals surface area contributed by atoms with Gasteiger partial charge in [0.15, 0.2) is 5.13 Å². The maximum absolute atomic E-state index is 13.3. The Morgan fingerprint density at radius 1 is 1.39 bits per heavy atom. The van der Waals surface area contributed by atoms with Crippen molar-refractivity contribution < 1.29 is 4.39 Å². The van der Waals surface area contributed by atoms with Crippen LogP contribution in [0.5, 0.6) is 0 Å². The molecule has 0 aliphatic heterocycles. The minimum atomic E-state index is -0.331. The van der Waals surface area contributed by atoms with E-state index in [9.17, 15) is 4.39 Å². The summed E-state index contributed by atoms with van der Waals surface area (Å²) < 4.78 is 13.3. The Balaban J connectivity index is 2.18. The summed E-state index contributed by atoms with van der Waals surface area (Å²) in [5.41, 5.74) is 0.759. The second-order valence-electron chi connectivity index (χ2n) is 4.46. The first kappa shape index (κ1) is 13.3. The second kappa shape index (κ2) is 5.67. The number of hydrogen-bond donors (Lipinski definition) is 1. The Kier molecular flexibility index (Phi) is 4.19. The van der Waals surface area contributed by atoms with Gasteiger partial charge in [0.2, 0.25) is 0 Å². The van der Waals surface area contributed by atoms with Crippen LogP contribution in [0.3, 0.4) is 0 Å². The Hall–Kier alpha value is -1.13. The van der Waals surface area contributed by atoms with Crippen LogP contribution in [-0.4, -0.2) is 11.5 Å². The highest BCUT2D eigenvalue weighted by Gasteiger charge is 2.07. The smallest absolute Gasteiger partial charge is 0.183 e. The standard InChI is InChI=1S/C13H14ClFN2S/c1-8(2)6-16-13-17-7-12(18-13)9-3-10(14)5-11(15)4-9/h3-5,7-8H,6H2,1-2H3,(H,16,17). The van der Waals surface area contributed by atoms with Crippen molar-refractivity contribution in [2.75, 3.05) is 11.9 Å². The molecule has 1 aromatic carbocycles. The molecule has 5 heteroatoms. The van der Waals surface area contributed by atoms with Crippen LogP contribution in [0.25, 0.3) is 10.4 Å². The van der Waals surface area contributed by atoms with E-state index in [4.69, 9.17) is 11.6 Å². The fourth-order valence-corrected chi connectivity index (χ4v) is 2.51.